The predicted octanol–water partition coefficient (Wildman–Crippen LogP) is 1.45. The third-order valence-electron chi connectivity index (χ3n) is 3.15. The van der Waals surface area contributed by atoms with Gasteiger partial charge in [0.1, 0.15) is 5.82 Å². The Bertz CT molecular complexity index is 729. The van der Waals surface area contributed by atoms with Crippen LogP contribution in [0, 0.1) is 0 Å². The standard InChI is InChI=1S/C14H15N5O/c15-9-1-2-10-11(8-19-12(10)7-9)14(20)18-4-3-13-16-5-6-17-13/h1-2,5-8,19H,3-4,15H2,(H,16,17)(H,18,20). The Morgan fingerprint density at radius 2 is 2.25 bits per heavy atom. The second kappa shape index (κ2) is 5.08. The Morgan fingerprint density at radius 3 is 3.05 bits per heavy atom. The lowest BCUT2D eigenvalue weighted by Gasteiger charge is -2.03. The fraction of sp³-hybridized carbons (Fsp3) is 0.143. The highest BCUT2D eigenvalue weighted by molar-refractivity contribution is 6.07. The molecule has 5 N–H and O–H groups in total. The van der Waals surface area contributed by atoms with Crippen LogP contribution in [0.1, 0.15) is 16.2 Å². The third kappa shape index (κ3) is 2.35. The van der Waals surface area contributed by atoms with E-state index in [0.717, 1.165) is 16.7 Å². The Hall–Kier alpha value is -2.76. The lowest BCUT2D eigenvalue weighted by Crippen LogP contribution is -2.25. The summed E-state index contributed by atoms with van der Waals surface area (Å²) in [5, 5.41) is 3.75. The molecule has 0 atom stereocenters. The summed E-state index contributed by atoms with van der Waals surface area (Å²) in [7, 11) is 0. The van der Waals surface area contributed by atoms with E-state index >= 15 is 0 Å². The molecule has 2 heterocycles. The number of nitrogens with zero attached hydrogens (tertiary/aromatic N) is 1. The number of amides is 1. The molecular formula is C14H15N5O. The van der Waals surface area contributed by atoms with Gasteiger partial charge in [0.25, 0.3) is 5.91 Å². The van der Waals surface area contributed by atoms with Gasteiger partial charge in [-0.3, -0.25) is 4.79 Å². The van der Waals surface area contributed by atoms with Gasteiger partial charge in [-0.15, -0.1) is 0 Å². The SMILES string of the molecule is Nc1ccc2c(C(=O)NCCc3ncc[nH]3)c[nH]c2c1. The minimum Gasteiger partial charge on any atom is -0.399 e. The van der Waals surface area contributed by atoms with Gasteiger partial charge in [-0.1, -0.05) is 0 Å². The number of fused-ring (bicyclic) bond motifs is 1. The number of imidazole rings is 1. The predicted molar refractivity (Wildman–Crippen MR) is 77.3 cm³/mol. The second-order valence-electron chi connectivity index (χ2n) is 4.55. The minimum absolute atomic E-state index is 0.104. The van der Waals surface area contributed by atoms with E-state index in [-0.39, 0.29) is 5.91 Å². The van der Waals surface area contributed by atoms with Crippen molar-refractivity contribution in [1.29, 1.82) is 0 Å². The number of carbonyl (C=O) groups excluding carboxylic acids is 1. The summed E-state index contributed by atoms with van der Waals surface area (Å²) in [5.74, 6) is 0.754. The zero-order chi connectivity index (χ0) is 13.9. The normalized spacial score (nSPS) is 10.8. The molecule has 0 aliphatic carbocycles. The molecule has 0 aliphatic rings. The molecule has 0 saturated carbocycles. The zero-order valence-electron chi connectivity index (χ0n) is 10.8. The average Bonchev–Trinajstić information content (AvgIpc) is 3.07. The Balaban J connectivity index is 1.69. The van der Waals surface area contributed by atoms with E-state index in [1.54, 1.807) is 24.7 Å². The van der Waals surface area contributed by atoms with Crippen molar-refractivity contribution < 1.29 is 4.79 Å². The molecule has 0 aliphatic heterocycles. The number of H-pyrrole nitrogens is 2. The van der Waals surface area contributed by atoms with Gasteiger partial charge in [0.2, 0.25) is 0 Å². The van der Waals surface area contributed by atoms with Gasteiger partial charge < -0.3 is 21.0 Å². The van der Waals surface area contributed by atoms with Crippen LogP contribution >= 0.6 is 0 Å². The first-order chi connectivity index (χ1) is 9.74. The molecule has 102 valence electrons. The molecular weight excluding hydrogens is 254 g/mol. The molecule has 1 amide bonds. The van der Waals surface area contributed by atoms with Gasteiger partial charge in [-0.25, -0.2) is 4.98 Å². The molecule has 1 aromatic carbocycles. The monoisotopic (exact) mass is 269 g/mol. The first-order valence-corrected chi connectivity index (χ1v) is 6.37. The van der Waals surface area contributed by atoms with Crippen LogP contribution < -0.4 is 11.1 Å². The van der Waals surface area contributed by atoms with Crippen LogP contribution in [-0.4, -0.2) is 27.4 Å². The Labute approximate surface area is 115 Å². The maximum absolute atomic E-state index is 12.1. The number of hydrogen-bond acceptors (Lipinski definition) is 3. The highest BCUT2D eigenvalue weighted by Crippen LogP contribution is 2.20. The van der Waals surface area contributed by atoms with E-state index < -0.39 is 0 Å². The molecule has 0 fully saturated rings. The third-order valence-corrected chi connectivity index (χ3v) is 3.15. The van der Waals surface area contributed by atoms with Crippen molar-refractivity contribution in [2.24, 2.45) is 0 Å². The van der Waals surface area contributed by atoms with Crippen molar-refractivity contribution in [3.63, 3.8) is 0 Å². The smallest absolute Gasteiger partial charge is 0.253 e. The van der Waals surface area contributed by atoms with Crippen LogP contribution in [0.3, 0.4) is 0 Å². The second-order valence-corrected chi connectivity index (χ2v) is 4.55. The Morgan fingerprint density at radius 1 is 1.35 bits per heavy atom. The molecule has 20 heavy (non-hydrogen) atoms. The maximum Gasteiger partial charge on any atom is 0.253 e. The fourth-order valence-corrected chi connectivity index (χ4v) is 2.16. The molecule has 0 unspecified atom stereocenters. The van der Waals surface area contributed by atoms with Gasteiger partial charge in [0.15, 0.2) is 0 Å². The van der Waals surface area contributed by atoms with Crippen LogP contribution in [0.2, 0.25) is 0 Å². The van der Waals surface area contributed by atoms with Gasteiger partial charge in [0, 0.05) is 48.1 Å². The first kappa shape index (κ1) is 12.3. The van der Waals surface area contributed by atoms with Gasteiger partial charge in [-0.2, -0.15) is 0 Å². The highest BCUT2D eigenvalue weighted by Gasteiger charge is 2.11. The number of rotatable bonds is 4. The van der Waals surface area contributed by atoms with Gasteiger partial charge >= 0.3 is 0 Å². The number of nitrogens with two attached hydrogens (primary N) is 1. The van der Waals surface area contributed by atoms with Crippen LogP contribution in [0.4, 0.5) is 5.69 Å². The van der Waals surface area contributed by atoms with Gasteiger partial charge in [-0.05, 0) is 18.2 Å². The van der Waals surface area contributed by atoms with E-state index in [1.807, 2.05) is 12.1 Å². The Kier molecular flexibility index (Phi) is 3.12. The van der Waals surface area contributed by atoms with Crippen LogP contribution in [0.15, 0.2) is 36.8 Å². The van der Waals surface area contributed by atoms with E-state index in [1.165, 1.54) is 0 Å². The topological polar surface area (TPSA) is 99.6 Å². The zero-order valence-corrected chi connectivity index (χ0v) is 10.8. The summed E-state index contributed by atoms with van der Waals surface area (Å²) >= 11 is 0. The number of anilines is 1. The summed E-state index contributed by atoms with van der Waals surface area (Å²) < 4.78 is 0. The van der Waals surface area contributed by atoms with Crippen molar-refractivity contribution in [2.45, 2.75) is 6.42 Å². The summed E-state index contributed by atoms with van der Waals surface area (Å²) in [4.78, 5) is 22.3. The number of aromatic nitrogens is 3. The molecule has 0 bridgehead atoms. The van der Waals surface area contributed by atoms with Crippen molar-refractivity contribution in [2.75, 3.05) is 12.3 Å². The fourth-order valence-electron chi connectivity index (χ4n) is 2.16. The number of nitrogen functional groups attached to an aromatic ring is 1. The van der Waals surface area contributed by atoms with E-state index in [4.69, 9.17) is 5.73 Å². The molecule has 6 nitrogen and oxygen atoms in total. The molecule has 0 radical (unpaired) electrons. The molecule has 3 rings (SSSR count). The lowest BCUT2D eigenvalue weighted by molar-refractivity contribution is 0.0955. The molecule has 0 spiro atoms. The largest absolute Gasteiger partial charge is 0.399 e. The number of aromatic amines is 2. The van der Waals surface area contributed by atoms with Crippen molar-refractivity contribution in [3.8, 4) is 0 Å². The van der Waals surface area contributed by atoms with Crippen LogP contribution in [-0.2, 0) is 6.42 Å². The summed E-state index contributed by atoms with van der Waals surface area (Å²) in [6.45, 7) is 0.536. The van der Waals surface area contributed by atoms with E-state index in [2.05, 4.69) is 20.3 Å². The van der Waals surface area contributed by atoms with E-state index in [0.29, 0.717) is 24.2 Å². The minimum atomic E-state index is -0.104. The van der Waals surface area contributed by atoms with Crippen molar-refractivity contribution in [1.82, 2.24) is 20.3 Å². The molecule has 2 aromatic heterocycles. The number of nitrogens with one attached hydrogen (secondary N) is 3. The highest BCUT2D eigenvalue weighted by atomic mass is 16.1. The molecule has 0 saturated heterocycles. The van der Waals surface area contributed by atoms with Crippen LogP contribution in [0.25, 0.3) is 10.9 Å². The maximum atomic E-state index is 12.1. The van der Waals surface area contributed by atoms with Crippen LogP contribution in [0.5, 0.6) is 0 Å². The number of benzene rings is 1. The van der Waals surface area contributed by atoms with Crippen molar-refractivity contribution >= 4 is 22.5 Å². The lowest BCUT2D eigenvalue weighted by atomic mass is 10.1. The summed E-state index contributed by atoms with van der Waals surface area (Å²) in [5.41, 5.74) is 7.87. The number of carbonyl (C=O) groups is 1. The quantitative estimate of drug-likeness (QED) is 0.539. The van der Waals surface area contributed by atoms with Crippen molar-refractivity contribution in [3.05, 3.63) is 48.2 Å². The average molecular weight is 269 g/mol. The summed E-state index contributed by atoms with van der Waals surface area (Å²) in [6.07, 6.45) is 5.84. The van der Waals surface area contributed by atoms with Gasteiger partial charge in [0.05, 0.1) is 5.56 Å². The number of hydrogen-bond donors (Lipinski definition) is 4. The molecule has 3 aromatic rings. The summed E-state index contributed by atoms with van der Waals surface area (Å²) in [6, 6.07) is 5.45. The first-order valence-electron chi connectivity index (χ1n) is 6.37. The molecule has 6 heteroatoms. The van der Waals surface area contributed by atoms with E-state index in [9.17, 15) is 4.79 Å².